The molecule has 76 valence electrons. The van der Waals surface area contributed by atoms with Crippen LogP contribution in [0.3, 0.4) is 0 Å². The van der Waals surface area contributed by atoms with E-state index in [9.17, 15) is 0 Å². The van der Waals surface area contributed by atoms with Crippen LogP contribution in [-0.2, 0) is 4.74 Å². The lowest BCUT2D eigenvalue weighted by molar-refractivity contribution is 0.128. The van der Waals surface area contributed by atoms with Crippen molar-refractivity contribution >= 4 is 0 Å². The van der Waals surface area contributed by atoms with Gasteiger partial charge in [0.15, 0.2) is 0 Å². The van der Waals surface area contributed by atoms with Gasteiger partial charge in [-0.3, -0.25) is 4.90 Å². The van der Waals surface area contributed by atoms with Crippen LogP contribution < -0.4 is 5.73 Å². The van der Waals surface area contributed by atoms with Crippen LogP contribution in [0.5, 0.6) is 0 Å². The molecular formula is C10H20N2O. The van der Waals surface area contributed by atoms with Gasteiger partial charge in [0.05, 0.1) is 6.61 Å². The number of hydrogen-bond acceptors (Lipinski definition) is 3. The van der Waals surface area contributed by atoms with E-state index in [4.69, 9.17) is 10.5 Å². The molecule has 3 atom stereocenters. The predicted molar refractivity (Wildman–Crippen MR) is 52.6 cm³/mol. The van der Waals surface area contributed by atoms with Crippen molar-refractivity contribution in [3.8, 4) is 0 Å². The van der Waals surface area contributed by atoms with E-state index in [1.165, 1.54) is 25.7 Å². The Morgan fingerprint density at radius 1 is 1.31 bits per heavy atom. The molecule has 0 aromatic rings. The number of nitrogens with two attached hydrogens (primary N) is 1. The monoisotopic (exact) mass is 184 g/mol. The highest BCUT2D eigenvalue weighted by molar-refractivity contribution is 4.90. The quantitative estimate of drug-likeness (QED) is 0.682. The van der Waals surface area contributed by atoms with Crippen molar-refractivity contribution in [3.05, 3.63) is 0 Å². The summed E-state index contributed by atoms with van der Waals surface area (Å²) in [5.74, 6) is 0. The lowest BCUT2D eigenvalue weighted by Crippen LogP contribution is -2.47. The Kier molecular flexibility index (Phi) is 2.86. The Bertz CT molecular complexity index is 168. The maximum atomic E-state index is 6.07. The third-order valence-electron chi connectivity index (χ3n) is 3.54. The molecule has 2 fully saturated rings. The van der Waals surface area contributed by atoms with Crippen LogP contribution in [0.4, 0.5) is 0 Å². The molecule has 0 aromatic heterocycles. The predicted octanol–water partition coefficient (Wildman–Crippen LogP) is 0.587. The van der Waals surface area contributed by atoms with Gasteiger partial charge in [-0.05, 0) is 26.3 Å². The molecule has 3 unspecified atom stereocenters. The zero-order valence-corrected chi connectivity index (χ0v) is 8.41. The lowest BCUT2D eigenvalue weighted by atomic mass is 10.1. The van der Waals surface area contributed by atoms with Crippen LogP contribution in [0.1, 0.15) is 25.7 Å². The van der Waals surface area contributed by atoms with Crippen molar-refractivity contribution in [1.29, 1.82) is 0 Å². The van der Waals surface area contributed by atoms with Crippen molar-refractivity contribution in [2.75, 3.05) is 20.3 Å². The van der Waals surface area contributed by atoms with Gasteiger partial charge >= 0.3 is 0 Å². The molecular weight excluding hydrogens is 164 g/mol. The van der Waals surface area contributed by atoms with Gasteiger partial charge in [-0.1, -0.05) is 6.42 Å². The van der Waals surface area contributed by atoms with E-state index in [2.05, 4.69) is 11.9 Å². The van der Waals surface area contributed by atoms with Gasteiger partial charge in [0, 0.05) is 24.7 Å². The highest BCUT2D eigenvalue weighted by Gasteiger charge is 2.32. The molecule has 0 bridgehead atoms. The average Bonchev–Trinajstić information content (AvgIpc) is 2.72. The van der Waals surface area contributed by atoms with E-state index >= 15 is 0 Å². The molecule has 1 saturated heterocycles. The molecule has 0 spiro atoms. The highest BCUT2D eigenvalue weighted by atomic mass is 16.5. The van der Waals surface area contributed by atoms with Crippen LogP contribution in [0, 0.1) is 0 Å². The molecule has 13 heavy (non-hydrogen) atoms. The molecule has 1 aliphatic carbocycles. The minimum absolute atomic E-state index is 0.394. The van der Waals surface area contributed by atoms with Crippen LogP contribution in [0.25, 0.3) is 0 Å². The van der Waals surface area contributed by atoms with Crippen molar-refractivity contribution in [2.24, 2.45) is 5.73 Å². The maximum Gasteiger partial charge on any atom is 0.0622 e. The zero-order valence-electron chi connectivity index (χ0n) is 8.41. The fourth-order valence-corrected chi connectivity index (χ4v) is 2.59. The van der Waals surface area contributed by atoms with Crippen molar-refractivity contribution < 1.29 is 4.74 Å². The van der Waals surface area contributed by atoms with Crippen molar-refractivity contribution in [2.45, 2.75) is 43.8 Å². The summed E-state index contributed by atoms with van der Waals surface area (Å²) in [6.07, 6.45) is 4.94. The molecule has 1 heterocycles. The fourth-order valence-electron chi connectivity index (χ4n) is 2.59. The summed E-state index contributed by atoms with van der Waals surface area (Å²) >= 11 is 0. The summed E-state index contributed by atoms with van der Waals surface area (Å²) in [6, 6.07) is 1.62. The van der Waals surface area contributed by atoms with Gasteiger partial charge in [0.1, 0.15) is 0 Å². The first kappa shape index (κ1) is 9.44. The molecule has 1 aliphatic heterocycles. The summed E-state index contributed by atoms with van der Waals surface area (Å²) in [5.41, 5.74) is 6.07. The van der Waals surface area contributed by atoms with Crippen molar-refractivity contribution in [3.63, 3.8) is 0 Å². The SMILES string of the molecule is CN(C1CCOC1)C1CCCC1N. The zero-order chi connectivity index (χ0) is 9.26. The summed E-state index contributed by atoms with van der Waals surface area (Å²) in [4.78, 5) is 2.45. The van der Waals surface area contributed by atoms with E-state index in [0.717, 1.165) is 13.2 Å². The minimum atomic E-state index is 0.394. The van der Waals surface area contributed by atoms with Crippen LogP contribution in [-0.4, -0.2) is 43.3 Å². The average molecular weight is 184 g/mol. The number of rotatable bonds is 2. The highest BCUT2D eigenvalue weighted by Crippen LogP contribution is 2.25. The second kappa shape index (κ2) is 3.95. The molecule has 2 rings (SSSR count). The van der Waals surface area contributed by atoms with Gasteiger partial charge in [0.25, 0.3) is 0 Å². The minimum Gasteiger partial charge on any atom is -0.380 e. The summed E-state index contributed by atoms with van der Waals surface area (Å²) in [5, 5.41) is 0. The second-order valence-electron chi connectivity index (χ2n) is 4.34. The molecule has 0 amide bonds. The third kappa shape index (κ3) is 1.87. The van der Waals surface area contributed by atoms with Gasteiger partial charge in [-0.2, -0.15) is 0 Å². The normalized spacial score (nSPS) is 40.4. The first-order valence-electron chi connectivity index (χ1n) is 5.34. The Hall–Kier alpha value is -0.120. The first-order chi connectivity index (χ1) is 6.29. The Labute approximate surface area is 80.2 Å². The Morgan fingerprint density at radius 2 is 2.15 bits per heavy atom. The molecule has 3 heteroatoms. The summed E-state index contributed by atoms with van der Waals surface area (Å²) in [7, 11) is 2.20. The largest absolute Gasteiger partial charge is 0.380 e. The van der Waals surface area contributed by atoms with E-state index in [1.54, 1.807) is 0 Å². The standard InChI is InChI=1S/C10H20N2O/c1-12(8-5-6-13-7-8)10-4-2-3-9(10)11/h8-10H,2-7,11H2,1H3. The Balaban J connectivity index is 1.91. The fraction of sp³-hybridized carbons (Fsp3) is 1.00. The first-order valence-corrected chi connectivity index (χ1v) is 5.34. The topological polar surface area (TPSA) is 38.5 Å². The van der Waals surface area contributed by atoms with Gasteiger partial charge in [-0.25, -0.2) is 0 Å². The molecule has 0 aromatic carbocycles. The van der Waals surface area contributed by atoms with E-state index in [-0.39, 0.29) is 0 Å². The van der Waals surface area contributed by atoms with Crippen molar-refractivity contribution in [1.82, 2.24) is 4.90 Å². The molecule has 2 aliphatic rings. The molecule has 3 nitrogen and oxygen atoms in total. The second-order valence-corrected chi connectivity index (χ2v) is 4.34. The smallest absolute Gasteiger partial charge is 0.0622 e. The number of ether oxygens (including phenoxy) is 1. The van der Waals surface area contributed by atoms with Crippen LogP contribution >= 0.6 is 0 Å². The Morgan fingerprint density at radius 3 is 2.69 bits per heavy atom. The van der Waals surface area contributed by atoms with E-state index < -0.39 is 0 Å². The number of hydrogen-bond donors (Lipinski definition) is 1. The number of nitrogens with zero attached hydrogens (tertiary/aromatic N) is 1. The van der Waals surface area contributed by atoms with Gasteiger partial charge in [0.2, 0.25) is 0 Å². The summed E-state index contributed by atoms with van der Waals surface area (Å²) < 4.78 is 5.39. The molecule has 1 saturated carbocycles. The van der Waals surface area contributed by atoms with Gasteiger partial charge in [-0.15, -0.1) is 0 Å². The van der Waals surface area contributed by atoms with Gasteiger partial charge < -0.3 is 10.5 Å². The van der Waals surface area contributed by atoms with Crippen LogP contribution in [0.15, 0.2) is 0 Å². The lowest BCUT2D eigenvalue weighted by Gasteiger charge is -2.32. The van der Waals surface area contributed by atoms with Crippen LogP contribution in [0.2, 0.25) is 0 Å². The maximum absolute atomic E-state index is 6.07. The summed E-state index contributed by atoms with van der Waals surface area (Å²) in [6.45, 7) is 1.83. The number of likely N-dealkylation sites (N-methyl/N-ethyl adjacent to an activating group) is 1. The van der Waals surface area contributed by atoms with E-state index in [1.807, 2.05) is 0 Å². The van der Waals surface area contributed by atoms with E-state index in [0.29, 0.717) is 18.1 Å². The molecule has 2 N–H and O–H groups in total. The molecule has 0 radical (unpaired) electrons. The third-order valence-corrected chi connectivity index (χ3v) is 3.54.